The van der Waals surface area contributed by atoms with Crippen LogP contribution in [0.1, 0.15) is 84.0 Å². The standard InChI is InChI=1S/C67H75B2N7O6Si/c1-43(2)63(77)20-15-16-32-75(39-48-34-49(71-6)23-30-61(48)68(79)80)42-60-53-19-14-13-18-52(53)59(41-76(33-17-31-72-67(78)44(3)4)40-58-45(5)47(38-70)22-29-62(58)69(81)82)54-26-21-46(35-57(54)60)66-55-27-24-50(73(7)8)36-64(55)83(11,12)65-37-51(74(9)10)25-28-56(65)66/h13-14,18-19,21-30,34-37,79-82H,1,3,15-17,20,31-33,39-42H2,2,4-5,7-12H3/p+1. The van der Waals surface area contributed by atoms with Crippen molar-refractivity contribution in [3.8, 4) is 6.07 Å². The average Bonchev–Trinajstić information content (AvgIpc) is 1.52. The minimum Gasteiger partial charge on any atom is -0.423 e. The first-order valence-electron chi connectivity index (χ1n) is 28.3. The Morgan fingerprint density at radius 3 is 2.02 bits per heavy atom. The second-order valence-corrected chi connectivity index (χ2v) is 27.5. The fourth-order valence-electron chi connectivity index (χ4n) is 11.8. The lowest BCUT2D eigenvalue weighted by molar-refractivity contribution is -0.462. The summed E-state index contributed by atoms with van der Waals surface area (Å²) in [6.45, 7) is 28.5. The second kappa shape index (κ2) is 26.2. The highest BCUT2D eigenvalue weighted by atomic mass is 28.3. The molecule has 0 saturated carbocycles. The van der Waals surface area contributed by atoms with Gasteiger partial charge in [0.25, 0.3) is 0 Å². The van der Waals surface area contributed by atoms with Crippen LogP contribution in [-0.2, 0) is 35.8 Å². The molecule has 0 saturated heterocycles. The highest BCUT2D eigenvalue weighted by molar-refractivity contribution is 6.98. The topological polar surface area (TPSA) is 168 Å². The van der Waals surface area contributed by atoms with Crippen LogP contribution in [0.5, 0.6) is 0 Å². The van der Waals surface area contributed by atoms with E-state index in [0.717, 1.165) is 55.2 Å². The third-order valence-electron chi connectivity index (χ3n) is 16.5. The van der Waals surface area contributed by atoms with Crippen molar-refractivity contribution in [3.05, 3.63) is 200 Å². The molecule has 0 unspecified atom stereocenters. The molecule has 5 N–H and O–H groups in total. The van der Waals surface area contributed by atoms with Crippen LogP contribution in [0.4, 0.5) is 11.4 Å². The molecule has 2 aliphatic rings. The van der Waals surface area contributed by atoms with Crippen LogP contribution in [0, 0.1) is 24.8 Å². The highest BCUT2D eigenvalue weighted by Gasteiger charge is 2.41. The van der Waals surface area contributed by atoms with E-state index in [-0.39, 0.29) is 24.8 Å². The fourth-order valence-corrected chi connectivity index (χ4v) is 14.8. The number of allylic oxidation sites excluding steroid dienone is 6. The molecule has 1 aliphatic carbocycles. The lowest BCUT2D eigenvalue weighted by Gasteiger charge is -2.38. The molecule has 13 nitrogen and oxygen atoms in total. The Morgan fingerprint density at radius 2 is 1.40 bits per heavy atom. The number of amides is 1. The molecule has 83 heavy (non-hydrogen) atoms. The van der Waals surface area contributed by atoms with Crippen molar-refractivity contribution in [2.75, 3.05) is 52.7 Å². The van der Waals surface area contributed by atoms with Crippen molar-refractivity contribution in [2.24, 2.45) is 0 Å². The number of nitriles is 1. The number of unbranched alkanes of at least 4 members (excludes halogenated alkanes) is 1. The number of hydrogen-bond acceptors (Lipinski definition) is 10. The molecule has 16 heteroatoms. The van der Waals surface area contributed by atoms with Crippen LogP contribution in [0.2, 0.25) is 13.1 Å². The van der Waals surface area contributed by atoms with Gasteiger partial charge in [0.05, 0.1) is 18.2 Å². The van der Waals surface area contributed by atoms with Crippen LogP contribution >= 0.6 is 0 Å². The number of hydrogen-bond donors (Lipinski definition) is 5. The third-order valence-corrected chi connectivity index (χ3v) is 20.0. The van der Waals surface area contributed by atoms with Crippen LogP contribution in [0.25, 0.3) is 32.0 Å². The summed E-state index contributed by atoms with van der Waals surface area (Å²) in [6, 6.07) is 32.5. The van der Waals surface area contributed by atoms with Crippen LogP contribution in [0.3, 0.4) is 0 Å². The summed E-state index contributed by atoms with van der Waals surface area (Å²) in [6.07, 6.45) is 9.05. The monoisotopic (exact) mass is 1120 g/mol. The highest BCUT2D eigenvalue weighted by Crippen LogP contribution is 2.44. The summed E-state index contributed by atoms with van der Waals surface area (Å²) in [4.78, 5) is 36.0. The molecular weight excluding hydrogens is 1050 g/mol. The number of carbonyl (C=O) groups excluding carboxylic acids is 2. The molecule has 6 aromatic carbocycles. The van der Waals surface area contributed by atoms with Gasteiger partial charge in [-0.25, -0.2) is 9.42 Å². The van der Waals surface area contributed by atoms with Gasteiger partial charge < -0.3 is 30.3 Å². The first-order valence-corrected chi connectivity index (χ1v) is 31.3. The van der Waals surface area contributed by atoms with Crippen LogP contribution < -0.4 is 26.3 Å². The summed E-state index contributed by atoms with van der Waals surface area (Å²) >= 11 is 0. The van der Waals surface area contributed by atoms with Crippen molar-refractivity contribution in [1.29, 1.82) is 5.26 Å². The van der Waals surface area contributed by atoms with Gasteiger partial charge in [-0.2, -0.15) is 5.26 Å². The normalized spacial score (nSPS) is 13.4. The first kappa shape index (κ1) is 61.3. The number of nitrogens with one attached hydrogen (secondary N) is 1. The van der Waals surface area contributed by atoms with Crippen molar-refractivity contribution in [1.82, 2.24) is 15.1 Å². The molecule has 0 fully saturated rings. The predicted octanol–water partition coefficient (Wildman–Crippen LogP) is 8.03. The van der Waals surface area contributed by atoms with E-state index in [0.29, 0.717) is 108 Å². The molecule has 0 bridgehead atoms. The number of carbonyl (C=O) groups is 2. The minimum absolute atomic E-state index is 0.0137. The van der Waals surface area contributed by atoms with Crippen molar-refractivity contribution >= 4 is 94.3 Å². The van der Waals surface area contributed by atoms with E-state index in [2.05, 4.69) is 157 Å². The van der Waals surface area contributed by atoms with E-state index in [4.69, 9.17) is 6.57 Å². The summed E-state index contributed by atoms with van der Waals surface area (Å²) in [7, 11) is 2.44. The Labute approximate surface area is 491 Å². The molecule has 1 aliphatic heterocycles. The van der Waals surface area contributed by atoms with Crippen LogP contribution in [0.15, 0.2) is 144 Å². The average molecular weight is 1130 g/mol. The quantitative estimate of drug-likeness (QED) is 0.0106. The van der Waals surface area contributed by atoms with E-state index < -0.39 is 22.3 Å². The Bertz CT molecular complexity index is 3800. The van der Waals surface area contributed by atoms with E-state index in [1.54, 1.807) is 44.2 Å². The molecule has 0 aromatic heterocycles. The third kappa shape index (κ3) is 13.4. The van der Waals surface area contributed by atoms with Gasteiger partial charge in [-0.1, -0.05) is 93.0 Å². The number of ketones is 1. The molecule has 0 radical (unpaired) electrons. The van der Waals surface area contributed by atoms with Gasteiger partial charge >= 0.3 is 14.2 Å². The molecule has 1 heterocycles. The molecule has 8 rings (SSSR count). The Morgan fingerprint density at radius 1 is 0.759 bits per heavy atom. The minimum atomic E-state index is -2.32. The molecule has 0 atom stereocenters. The van der Waals surface area contributed by atoms with Crippen LogP contribution in [-0.4, -0.2) is 122 Å². The van der Waals surface area contributed by atoms with Gasteiger partial charge in [0.15, 0.2) is 17.2 Å². The zero-order valence-electron chi connectivity index (χ0n) is 49.5. The lowest BCUT2D eigenvalue weighted by Crippen LogP contribution is -2.49. The Hall–Kier alpha value is -7.76. The molecule has 424 valence electrons. The van der Waals surface area contributed by atoms with Crippen molar-refractivity contribution in [2.45, 2.75) is 85.7 Å². The number of fused-ring (bicyclic) bond motifs is 4. The number of benzene rings is 6. The van der Waals surface area contributed by atoms with Gasteiger partial charge in [-0.05, 0) is 175 Å². The van der Waals surface area contributed by atoms with E-state index in [1.165, 1.54) is 21.5 Å². The Kier molecular flexibility index (Phi) is 19.4. The maximum atomic E-state index is 12.9. The number of nitrogens with zero attached hydrogens (tertiary/aromatic N) is 6. The number of rotatable bonds is 23. The maximum Gasteiger partial charge on any atom is 0.488 e. The zero-order valence-corrected chi connectivity index (χ0v) is 50.5. The molecule has 6 aromatic rings. The van der Waals surface area contributed by atoms with E-state index >= 15 is 0 Å². The fraction of sp³-hybridized carbons (Fsp3) is 0.299. The van der Waals surface area contributed by atoms with Gasteiger partial charge in [0, 0.05) is 83.2 Å². The Balaban J connectivity index is 1.40. The van der Waals surface area contributed by atoms with Gasteiger partial charge in [-0.3, -0.25) is 19.4 Å². The van der Waals surface area contributed by atoms with Crippen molar-refractivity contribution < 1.29 is 34.3 Å². The second-order valence-electron chi connectivity index (χ2n) is 23.1. The van der Waals surface area contributed by atoms with E-state index in [1.807, 2.05) is 19.1 Å². The largest absolute Gasteiger partial charge is 0.488 e. The van der Waals surface area contributed by atoms with Gasteiger partial charge in [0.2, 0.25) is 5.91 Å². The zero-order chi connectivity index (χ0) is 60.0. The van der Waals surface area contributed by atoms with Crippen molar-refractivity contribution in [3.63, 3.8) is 0 Å². The predicted molar refractivity (Wildman–Crippen MR) is 342 cm³/mol. The molecule has 1 amide bonds. The summed E-state index contributed by atoms with van der Waals surface area (Å²) in [5.74, 6) is -0.219. The number of Topliss-reactive ketones (excluding diaryl/α,β-unsaturated/α-hetero) is 1. The summed E-state index contributed by atoms with van der Waals surface area (Å²) in [5, 5.41) is 62.9. The van der Waals surface area contributed by atoms with Gasteiger partial charge in [-0.15, -0.1) is 0 Å². The lowest BCUT2D eigenvalue weighted by atomic mass is 9.74. The number of anilines is 1. The van der Waals surface area contributed by atoms with E-state index in [9.17, 15) is 34.9 Å². The summed E-state index contributed by atoms with van der Waals surface area (Å²) in [5.41, 5.74) is 13.2. The molecule has 0 spiro atoms. The SMILES string of the molecule is [C-]#[N+]c1ccc(B(O)O)c(CN(CCCCC(=O)C(=C)C)Cc2c3ccccc3c(CN(CCCNC(=O)C(=C)C)Cc3c(B(O)O)ccc(C#N)c3C)c3ccc(C4=C5C=CC(=[N+](C)C)C=C5[Si](C)(C)c5cc(N(C)C)ccc54)cc23)c1. The summed E-state index contributed by atoms with van der Waals surface area (Å²) < 4.78 is 2.16. The smallest absolute Gasteiger partial charge is 0.423 e. The first-order chi connectivity index (χ1) is 39.5. The maximum absolute atomic E-state index is 12.9. The molecular formula is C67H76B2N7O6Si+. The van der Waals surface area contributed by atoms with Gasteiger partial charge in [0.1, 0.15) is 22.2 Å².